The normalized spacial score (nSPS) is 11.0. The molecule has 0 aliphatic rings. The van der Waals surface area contributed by atoms with Crippen molar-refractivity contribution in [1.82, 2.24) is 0 Å². The van der Waals surface area contributed by atoms with Crippen molar-refractivity contribution in [1.29, 1.82) is 0 Å². The SMILES string of the molecule is C/C(=C\C(=O)c1ccccc1)OC(=O)c1ccc(Cl)cc1. The number of halogens is 1. The molecule has 2 aromatic carbocycles. The van der Waals surface area contributed by atoms with Crippen molar-refractivity contribution in [2.24, 2.45) is 0 Å². The Morgan fingerprint density at radius 2 is 1.57 bits per heavy atom. The van der Waals surface area contributed by atoms with Crippen molar-refractivity contribution in [2.45, 2.75) is 6.92 Å². The number of ketones is 1. The summed E-state index contributed by atoms with van der Waals surface area (Å²) in [7, 11) is 0. The molecule has 0 saturated heterocycles. The Kier molecular flexibility index (Phi) is 4.90. The highest BCUT2D eigenvalue weighted by Gasteiger charge is 2.09. The smallest absolute Gasteiger partial charge is 0.343 e. The number of hydrogen-bond acceptors (Lipinski definition) is 3. The molecule has 21 heavy (non-hydrogen) atoms. The molecular weight excluding hydrogens is 288 g/mol. The molecule has 0 saturated carbocycles. The molecule has 0 radical (unpaired) electrons. The topological polar surface area (TPSA) is 43.4 Å². The standard InChI is InChI=1S/C17H13ClO3/c1-12(11-16(19)13-5-3-2-4-6-13)21-17(20)14-7-9-15(18)10-8-14/h2-11H,1H3/b12-11+. The fourth-order valence-electron chi connectivity index (χ4n) is 1.69. The summed E-state index contributed by atoms with van der Waals surface area (Å²) in [4.78, 5) is 23.8. The minimum atomic E-state index is -0.527. The lowest BCUT2D eigenvalue weighted by molar-refractivity contribution is 0.0625. The number of allylic oxidation sites excluding steroid dienone is 2. The second-order valence-electron chi connectivity index (χ2n) is 4.38. The molecule has 2 aromatic rings. The van der Waals surface area contributed by atoms with Gasteiger partial charge in [-0.25, -0.2) is 4.79 Å². The van der Waals surface area contributed by atoms with E-state index in [2.05, 4.69) is 0 Å². The van der Waals surface area contributed by atoms with Gasteiger partial charge in [-0.15, -0.1) is 0 Å². The number of esters is 1. The molecule has 0 amide bonds. The van der Waals surface area contributed by atoms with Crippen LogP contribution in [0.25, 0.3) is 0 Å². The average molecular weight is 301 g/mol. The molecule has 3 nitrogen and oxygen atoms in total. The van der Waals surface area contributed by atoms with Gasteiger partial charge in [0.1, 0.15) is 5.76 Å². The van der Waals surface area contributed by atoms with Crippen LogP contribution in [0.15, 0.2) is 66.4 Å². The maximum Gasteiger partial charge on any atom is 0.343 e. The van der Waals surface area contributed by atoms with Crippen molar-refractivity contribution >= 4 is 23.4 Å². The van der Waals surface area contributed by atoms with E-state index in [9.17, 15) is 9.59 Å². The van der Waals surface area contributed by atoms with Crippen molar-refractivity contribution in [3.63, 3.8) is 0 Å². The van der Waals surface area contributed by atoms with Crippen LogP contribution >= 0.6 is 11.6 Å². The number of ether oxygens (including phenoxy) is 1. The summed E-state index contributed by atoms with van der Waals surface area (Å²) in [6, 6.07) is 15.1. The zero-order chi connectivity index (χ0) is 15.2. The molecule has 0 aromatic heterocycles. The number of hydrogen-bond donors (Lipinski definition) is 0. The van der Waals surface area contributed by atoms with E-state index >= 15 is 0 Å². The third kappa shape index (κ3) is 4.29. The van der Waals surface area contributed by atoms with Crippen LogP contribution < -0.4 is 0 Å². The van der Waals surface area contributed by atoms with Crippen molar-refractivity contribution in [3.8, 4) is 0 Å². The first-order valence-corrected chi connectivity index (χ1v) is 6.69. The molecule has 0 aliphatic carbocycles. The van der Waals surface area contributed by atoms with Gasteiger partial charge in [0.2, 0.25) is 0 Å². The first kappa shape index (κ1) is 15.0. The van der Waals surface area contributed by atoms with Crippen molar-refractivity contribution < 1.29 is 14.3 Å². The molecular formula is C17H13ClO3. The maximum atomic E-state index is 11.9. The molecule has 0 spiro atoms. The summed E-state index contributed by atoms with van der Waals surface area (Å²) < 4.78 is 5.13. The number of benzene rings is 2. The first-order chi connectivity index (χ1) is 10.1. The van der Waals surface area contributed by atoms with Crippen LogP contribution in [0.2, 0.25) is 5.02 Å². The highest BCUT2D eigenvalue weighted by atomic mass is 35.5. The summed E-state index contributed by atoms with van der Waals surface area (Å²) in [6.07, 6.45) is 1.29. The van der Waals surface area contributed by atoms with Crippen molar-refractivity contribution in [3.05, 3.63) is 82.6 Å². The average Bonchev–Trinajstić information content (AvgIpc) is 2.48. The summed E-state index contributed by atoms with van der Waals surface area (Å²) in [5, 5.41) is 0.540. The molecule has 4 heteroatoms. The zero-order valence-electron chi connectivity index (χ0n) is 11.4. The van der Waals surface area contributed by atoms with Gasteiger partial charge >= 0.3 is 5.97 Å². The van der Waals surface area contributed by atoms with Crippen LogP contribution in [0, 0.1) is 0 Å². The van der Waals surface area contributed by atoms with Crippen LogP contribution in [0.1, 0.15) is 27.6 Å². The second-order valence-corrected chi connectivity index (χ2v) is 4.82. The summed E-state index contributed by atoms with van der Waals surface area (Å²) >= 11 is 5.75. The molecule has 0 fully saturated rings. The van der Waals surface area contributed by atoms with E-state index in [-0.39, 0.29) is 11.5 Å². The Bertz CT molecular complexity index is 673. The van der Waals surface area contributed by atoms with Gasteiger partial charge in [0, 0.05) is 16.7 Å². The highest BCUT2D eigenvalue weighted by Crippen LogP contribution is 2.12. The van der Waals surface area contributed by atoms with E-state index in [1.165, 1.54) is 6.08 Å². The summed E-state index contributed by atoms with van der Waals surface area (Å²) in [6.45, 7) is 1.56. The molecule has 0 aliphatic heterocycles. The zero-order valence-corrected chi connectivity index (χ0v) is 12.1. The quantitative estimate of drug-likeness (QED) is 0.366. The lowest BCUT2D eigenvalue weighted by Gasteiger charge is -2.04. The first-order valence-electron chi connectivity index (χ1n) is 6.31. The fraction of sp³-hybridized carbons (Fsp3) is 0.0588. The Labute approximate surface area is 127 Å². The monoisotopic (exact) mass is 300 g/mol. The van der Waals surface area contributed by atoms with Gasteiger partial charge in [-0.2, -0.15) is 0 Å². The number of carbonyl (C=O) groups is 2. The summed E-state index contributed by atoms with van der Waals surface area (Å²) in [5.41, 5.74) is 0.915. The Balaban J connectivity index is 2.05. The van der Waals surface area contributed by atoms with Crippen molar-refractivity contribution in [2.75, 3.05) is 0 Å². The molecule has 2 rings (SSSR count). The van der Waals surface area contributed by atoms with E-state index in [1.807, 2.05) is 6.07 Å². The Morgan fingerprint density at radius 3 is 2.19 bits per heavy atom. The van der Waals surface area contributed by atoms with Gasteiger partial charge in [-0.3, -0.25) is 4.79 Å². The molecule has 0 atom stereocenters. The molecule has 0 bridgehead atoms. The molecule has 106 valence electrons. The van der Waals surface area contributed by atoms with E-state index in [0.717, 1.165) is 0 Å². The van der Waals surface area contributed by atoms with Gasteiger partial charge in [-0.05, 0) is 31.2 Å². The van der Waals surface area contributed by atoms with Gasteiger partial charge in [0.15, 0.2) is 5.78 Å². The van der Waals surface area contributed by atoms with E-state index in [4.69, 9.17) is 16.3 Å². The van der Waals surface area contributed by atoms with Crippen LogP contribution in [-0.2, 0) is 4.74 Å². The van der Waals surface area contributed by atoms with Crippen LogP contribution in [-0.4, -0.2) is 11.8 Å². The van der Waals surface area contributed by atoms with E-state index < -0.39 is 5.97 Å². The lowest BCUT2D eigenvalue weighted by Crippen LogP contribution is -2.05. The second kappa shape index (κ2) is 6.86. The van der Waals surface area contributed by atoms with E-state index in [1.54, 1.807) is 55.5 Å². The maximum absolute atomic E-state index is 11.9. The van der Waals surface area contributed by atoms with Crippen LogP contribution in [0.4, 0.5) is 0 Å². The van der Waals surface area contributed by atoms with Crippen LogP contribution in [0.3, 0.4) is 0 Å². The molecule has 0 heterocycles. The van der Waals surface area contributed by atoms with Gasteiger partial charge in [0.05, 0.1) is 5.56 Å². The Morgan fingerprint density at radius 1 is 0.952 bits per heavy atom. The predicted octanol–water partition coefficient (Wildman–Crippen LogP) is 4.28. The number of carbonyl (C=O) groups excluding carboxylic acids is 2. The van der Waals surface area contributed by atoms with Gasteiger partial charge in [0.25, 0.3) is 0 Å². The minimum Gasteiger partial charge on any atom is -0.428 e. The number of rotatable bonds is 4. The fourth-order valence-corrected chi connectivity index (χ4v) is 1.82. The third-order valence-electron chi connectivity index (χ3n) is 2.73. The highest BCUT2D eigenvalue weighted by molar-refractivity contribution is 6.30. The van der Waals surface area contributed by atoms with Gasteiger partial charge in [-0.1, -0.05) is 41.9 Å². The lowest BCUT2D eigenvalue weighted by atomic mass is 10.1. The third-order valence-corrected chi connectivity index (χ3v) is 2.98. The molecule has 0 unspecified atom stereocenters. The predicted molar refractivity (Wildman–Crippen MR) is 81.4 cm³/mol. The largest absolute Gasteiger partial charge is 0.428 e. The van der Waals surface area contributed by atoms with E-state index in [0.29, 0.717) is 16.1 Å². The Hall–Kier alpha value is -2.39. The molecule has 0 N–H and O–H groups in total. The minimum absolute atomic E-state index is 0.211. The van der Waals surface area contributed by atoms with Crippen LogP contribution in [0.5, 0.6) is 0 Å². The van der Waals surface area contributed by atoms with Gasteiger partial charge < -0.3 is 4.74 Å². The summed E-state index contributed by atoms with van der Waals surface area (Å²) in [5.74, 6) is -0.498.